The minimum atomic E-state index is -4.70. The van der Waals surface area contributed by atoms with Crippen LogP contribution in [0, 0.1) is 0 Å². The fourth-order valence-corrected chi connectivity index (χ4v) is 3.22. The van der Waals surface area contributed by atoms with Gasteiger partial charge in [0, 0.05) is 23.5 Å². The number of halogens is 7. The Morgan fingerprint density at radius 1 is 0.892 bits per heavy atom. The maximum absolute atomic E-state index is 13.0. The number of aromatic amines is 1. The molecule has 0 bridgehead atoms. The zero-order valence-electron chi connectivity index (χ0n) is 18.1. The van der Waals surface area contributed by atoms with Gasteiger partial charge >= 0.3 is 18.4 Å². The van der Waals surface area contributed by atoms with Gasteiger partial charge in [0.25, 0.3) is 0 Å². The molecule has 2 aromatic heterocycles. The SMILES string of the molecule is O=C(Nc1cccc(Oc2cc(-c3ncc(C(F)(F)F)[nH]3)ncn2)c1)Nc1ccc(Cl)c(C(F)(F)F)c1. The molecule has 0 unspecified atom stereocenters. The molecule has 0 radical (unpaired) electrons. The summed E-state index contributed by atoms with van der Waals surface area (Å²) in [6.45, 7) is 0. The third kappa shape index (κ3) is 6.46. The highest BCUT2D eigenvalue weighted by Gasteiger charge is 2.34. The topological polar surface area (TPSA) is 105 Å². The van der Waals surface area contributed by atoms with Gasteiger partial charge in [-0.25, -0.2) is 19.7 Å². The number of nitrogens with one attached hydrogen (secondary N) is 3. The summed E-state index contributed by atoms with van der Waals surface area (Å²) in [5.74, 6) is 0.00340. The molecule has 8 nitrogen and oxygen atoms in total. The molecule has 0 spiro atoms. The fourth-order valence-electron chi connectivity index (χ4n) is 2.99. The number of hydrogen-bond donors (Lipinski definition) is 3. The van der Waals surface area contributed by atoms with Crippen LogP contribution in [0.15, 0.2) is 61.1 Å². The van der Waals surface area contributed by atoms with Crippen molar-refractivity contribution in [1.29, 1.82) is 0 Å². The van der Waals surface area contributed by atoms with Crippen LogP contribution in [0.3, 0.4) is 0 Å². The molecule has 192 valence electrons. The first-order valence-electron chi connectivity index (χ1n) is 10.1. The van der Waals surface area contributed by atoms with Crippen molar-refractivity contribution in [3.05, 3.63) is 77.3 Å². The number of amides is 2. The summed E-state index contributed by atoms with van der Waals surface area (Å²) in [4.78, 5) is 25.8. The highest BCUT2D eigenvalue weighted by atomic mass is 35.5. The first-order chi connectivity index (χ1) is 17.4. The van der Waals surface area contributed by atoms with Crippen molar-refractivity contribution in [3.8, 4) is 23.1 Å². The molecule has 37 heavy (non-hydrogen) atoms. The number of nitrogens with zero attached hydrogens (tertiary/aromatic N) is 3. The van der Waals surface area contributed by atoms with Crippen LogP contribution in [0.2, 0.25) is 5.02 Å². The number of H-pyrrole nitrogens is 1. The molecule has 0 saturated carbocycles. The highest BCUT2D eigenvalue weighted by Crippen LogP contribution is 2.36. The Morgan fingerprint density at radius 2 is 1.62 bits per heavy atom. The van der Waals surface area contributed by atoms with E-state index in [0.717, 1.165) is 12.4 Å². The predicted molar refractivity (Wildman–Crippen MR) is 120 cm³/mol. The van der Waals surface area contributed by atoms with Gasteiger partial charge in [-0.1, -0.05) is 17.7 Å². The van der Waals surface area contributed by atoms with Gasteiger partial charge in [0.15, 0.2) is 5.82 Å². The van der Waals surface area contributed by atoms with E-state index in [4.69, 9.17) is 16.3 Å². The summed E-state index contributed by atoms with van der Waals surface area (Å²) in [7, 11) is 0. The van der Waals surface area contributed by atoms with E-state index in [1.807, 2.05) is 0 Å². The summed E-state index contributed by atoms with van der Waals surface area (Å²) in [6, 6.07) is 9.23. The van der Waals surface area contributed by atoms with Gasteiger partial charge in [-0.2, -0.15) is 26.3 Å². The Labute approximate surface area is 208 Å². The summed E-state index contributed by atoms with van der Waals surface area (Å²) in [5, 5.41) is 4.21. The maximum atomic E-state index is 13.0. The van der Waals surface area contributed by atoms with E-state index in [1.165, 1.54) is 36.4 Å². The molecule has 3 N–H and O–H groups in total. The van der Waals surface area contributed by atoms with Crippen molar-refractivity contribution in [1.82, 2.24) is 19.9 Å². The Kier molecular flexibility index (Phi) is 6.94. The lowest BCUT2D eigenvalue weighted by Crippen LogP contribution is -2.20. The van der Waals surface area contributed by atoms with E-state index < -0.39 is 34.7 Å². The molecule has 0 atom stereocenters. The quantitative estimate of drug-likeness (QED) is 0.236. The molecule has 4 aromatic rings. The lowest BCUT2D eigenvalue weighted by molar-refractivity contribution is -0.141. The first-order valence-corrected chi connectivity index (χ1v) is 10.4. The summed E-state index contributed by atoms with van der Waals surface area (Å²) in [6.07, 6.45) is -7.61. The van der Waals surface area contributed by atoms with E-state index in [-0.39, 0.29) is 34.5 Å². The van der Waals surface area contributed by atoms with Gasteiger partial charge < -0.3 is 20.4 Å². The van der Waals surface area contributed by atoms with E-state index in [1.54, 1.807) is 0 Å². The van der Waals surface area contributed by atoms with Gasteiger partial charge in [-0.05, 0) is 30.3 Å². The predicted octanol–water partition coefficient (Wildman–Crippen LogP) is 6.99. The number of aromatic nitrogens is 4. The molecule has 15 heteroatoms. The number of carbonyl (C=O) groups is 1. The zero-order chi connectivity index (χ0) is 26.8. The minimum absolute atomic E-state index is 0.0302. The molecule has 0 saturated heterocycles. The van der Waals surface area contributed by atoms with Crippen LogP contribution >= 0.6 is 11.6 Å². The normalized spacial score (nSPS) is 11.8. The maximum Gasteiger partial charge on any atom is 0.432 e. The minimum Gasteiger partial charge on any atom is -0.439 e. The van der Waals surface area contributed by atoms with Crippen molar-refractivity contribution >= 4 is 29.0 Å². The molecular formula is C22H13ClF6N6O2. The Bertz CT molecular complexity index is 1440. The van der Waals surface area contributed by atoms with Gasteiger partial charge in [0.2, 0.25) is 5.88 Å². The molecule has 4 rings (SSSR count). The number of anilines is 2. The Hall–Kier alpha value is -4.33. The van der Waals surface area contributed by atoms with Gasteiger partial charge in [0.05, 0.1) is 16.8 Å². The van der Waals surface area contributed by atoms with Crippen LogP contribution in [0.5, 0.6) is 11.6 Å². The van der Waals surface area contributed by atoms with Crippen molar-refractivity contribution < 1.29 is 35.9 Å². The third-order valence-electron chi connectivity index (χ3n) is 4.61. The van der Waals surface area contributed by atoms with Crippen LogP contribution in [0.25, 0.3) is 11.5 Å². The van der Waals surface area contributed by atoms with E-state index in [9.17, 15) is 31.1 Å². The van der Waals surface area contributed by atoms with Crippen molar-refractivity contribution in [2.24, 2.45) is 0 Å². The molecule has 0 aliphatic heterocycles. The van der Waals surface area contributed by atoms with Gasteiger partial charge in [-0.3, -0.25) is 0 Å². The number of alkyl halides is 6. The van der Waals surface area contributed by atoms with Crippen molar-refractivity contribution in [3.63, 3.8) is 0 Å². The number of ether oxygens (including phenoxy) is 1. The number of imidazole rings is 1. The number of hydrogen-bond acceptors (Lipinski definition) is 5. The summed E-state index contributed by atoms with van der Waals surface area (Å²) < 4.78 is 83.1. The second-order valence-electron chi connectivity index (χ2n) is 7.29. The molecular weight excluding hydrogens is 530 g/mol. The average molecular weight is 543 g/mol. The standard InChI is InChI=1S/C22H13ClF6N6O2/c23-15-5-4-12(7-14(15)21(24,25)26)34-20(36)33-11-2-1-3-13(6-11)37-18-8-16(31-10-32-18)19-30-9-17(35-19)22(27,28)29/h1-10H,(H,30,35)(H2,33,34,36). The van der Waals surface area contributed by atoms with Crippen LogP contribution in [0.4, 0.5) is 42.5 Å². The van der Waals surface area contributed by atoms with Crippen LogP contribution in [0.1, 0.15) is 11.3 Å². The van der Waals surface area contributed by atoms with Gasteiger partial charge in [-0.15, -0.1) is 0 Å². The lowest BCUT2D eigenvalue weighted by atomic mass is 10.2. The smallest absolute Gasteiger partial charge is 0.432 e. The lowest BCUT2D eigenvalue weighted by Gasteiger charge is -2.13. The summed E-state index contributed by atoms with van der Waals surface area (Å²) in [5.41, 5.74) is -2.03. The largest absolute Gasteiger partial charge is 0.439 e. The third-order valence-corrected chi connectivity index (χ3v) is 4.94. The average Bonchev–Trinajstić information content (AvgIpc) is 3.31. The monoisotopic (exact) mass is 542 g/mol. The molecule has 2 amide bonds. The summed E-state index contributed by atoms with van der Waals surface area (Å²) >= 11 is 5.57. The van der Waals surface area contributed by atoms with Crippen molar-refractivity contribution in [2.75, 3.05) is 10.6 Å². The number of rotatable bonds is 5. The van der Waals surface area contributed by atoms with Gasteiger partial charge in [0.1, 0.15) is 23.5 Å². The van der Waals surface area contributed by atoms with Crippen LogP contribution < -0.4 is 15.4 Å². The number of benzene rings is 2. The number of urea groups is 1. The van der Waals surface area contributed by atoms with E-state index in [2.05, 4.69) is 30.6 Å². The van der Waals surface area contributed by atoms with E-state index in [0.29, 0.717) is 12.3 Å². The van der Waals surface area contributed by atoms with Crippen LogP contribution in [-0.4, -0.2) is 26.0 Å². The highest BCUT2D eigenvalue weighted by molar-refractivity contribution is 6.31. The first kappa shape index (κ1) is 25.8. The molecule has 2 aromatic carbocycles. The second-order valence-corrected chi connectivity index (χ2v) is 7.69. The number of carbonyl (C=O) groups excluding carboxylic acids is 1. The van der Waals surface area contributed by atoms with Crippen LogP contribution in [-0.2, 0) is 12.4 Å². The molecule has 0 aliphatic carbocycles. The molecule has 0 fully saturated rings. The molecule has 0 aliphatic rings. The second kappa shape index (κ2) is 9.97. The van der Waals surface area contributed by atoms with Crippen molar-refractivity contribution in [2.45, 2.75) is 12.4 Å². The Balaban J connectivity index is 1.44. The Morgan fingerprint density at radius 3 is 2.30 bits per heavy atom. The zero-order valence-corrected chi connectivity index (χ0v) is 18.8. The van der Waals surface area contributed by atoms with E-state index >= 15 is 0 Å². The fraction of sp³-hybridized carbons (Fsp3) is 0.0909. The molecule has 2 heterocycles.